The van der Waals surface area contributed by atoms with Crippen LogP contribution in [0.3, 0.4) is 0 Å². The molecule has 0 spiro atoms. The molecule has 0 amide bonds. The summed E-state index contributed by atoms with van der Waals surface area (Å²) in [5.41, 5.74) is -1.70. The molecule has 146 valence electrons. The molecule has 0 saturated heterocycles. The van der Waals surface area contributed by atoms with Gasteiger partial charge in [-0.15, -0.1) is 0 Å². The van der Waals surface area contributed by atoms with Gasteiger partial charge in [0.1, 0.15) is 0 Å². The first-order valence-electron chi connectivity index (χ1n) is 8.37. The van der Waals surface area contributed by atoms with Crippen molar-refractivity contribution in [2.75, 3.05) is 25.1 Å². The van der Waals surface area contributed by atoms with E-state index < -0.39 is 17.8 Å². The first kappa shape index (κ1) is 19.5. The van der Waals surface area contributed by atoms with Crippen LogP contribution in [0.1, 0.15) is 19.4 Å². The zero-order chi connectivity index (χ0) is 20.0. The number of carbonyl (C=O) groups is 1. The van der Waals surface area contributed by atoms with Crippen molar-refractivity contribution in [2.45, 2.75) is 37.5 Å². The Balaban J connectivity index is 2.29. The highest BCUT2D eigenvalue weighted by molar-refractivity contribution is 8.15. The number of aryl methyl sites for hydroxylation is 1. The fourth-order valence-electron chi connectivity index (χ4n) is 3.05. The van der Waals surface area contributed by atoms with E-state index in [0.29, 0.717) is 13.1 Å². The number of alkyl halides is 3. The first-order valence-corrected chi connectivity index (χ1v) is 9.19. The van der Waals surface area contributed by atoms with E-state index >= 15 is 0 Å². The topological polar surface area (TPSA) is 57.5 Å². The highest BCUT2D eigenvalue weighted by Crippen LogP contribution is 2.48. The quantitative estimate of drug-likeness (QED) is 0.728. The van der Waals surface area contributed by atoms with Crippen LogP contribution in [0.25, 0.3) is 0 Å². The van der Waals surface area contributed by atoms with Crippen molar-refractivity contribution in [1.82, 2.24) is 4.90 Å². The van der Waals surface area contributed by atoms with Gasteiger partial charge in [0.05, 0.1) is 12.8 Å². The van der Waals surface area contributed by atoms with E-state index in [1.54, 1.807) is 15.9 Å². The molecule has 0 unspecified atom stereocenters. The average molecular weight is 400 g/mol. The van der Waals surface area contributed by atoms with Crippen LogP contribution in [0.4, 0.5) is 18.9 Å². The summed E-state index contributed by atoms with van der Waals surface area (Å²) < 4.78 is 46.4. The number of esters is 1. The van der Waals surface area contributed by atoms with Crippen molar-refractivity contribution in [3.63, 3.8) is 0 Å². The van der Waals surface area contributed by atoms with E-state index in [9.17, 15) is 18.0 Å². The number of fused-ring (bicyclic) bond motifs is 3. The van der Waals surface area contributed by atoms with Gasteiger partial charge in [-0.2, -0.15) is 13.2 Å². The zero-order valence-corrected chi connectivity index (χ0v) is 16.1. The Morgan fingerprint density at radius 3 is 2.52 bits per heavy atom. The predicted octanol–water partition coefficient (Wildman–Crippen LogP) is 3.41. The number of anilines is 1. The molecule has 0 aromatic heterocycles. The molecular weight excluding hydrogens is 381 g/mol. The van der Waals surface area contributed by atoms with Gasteiger partial charge in [0.15, 0.2) is 5.17 Å². The molecule has 2 aliphatic rings. The summed E-state index contributed by atoms with van der Waals surface area (Å²) in [6, 6.07) is 5.50. The third-order valence-electron chi connectivity index (χ3n) is 4.45. The predicted molar refractivity (Wildman–Crippen MR) is 98.1 cm³/mol. The lowest BCUT2D eigenvalue weighted by molar-refractivity contribution is -0.201. The zero-order valence-electron chi connectivity index (χ0n) is 15.3. The summed E-state index contributed by atoms with van der Waals surface area (Å²) >= 11 is 1.08. The van der Waals surface area contributed by atoms with Crippen molar-refractivity contribution >= 4 is 34.5 Å². The van der Waals surface area contributed by atoms with Crippen molar-refractivity contribution < 1.29 is 22.7 Å². The SMILES string of the molecule is CCN(CC)C1=N[C@@](C(=O)OC)(C(F)(F)F)N=C2Sc3cccc(C)c3N21. The first-order chi connectivity index (χ1) is 12.7. The molecule has 0 N–H and O–H groups in total. The molecule has 1 aromatic carbocycles. The lowest BCUT2D eigenvalue weighted by Crippen LogP contribution is -2.58. The van der Waals surface area contributed by atoms with Crippen molar-refractivity contribution in [1.29, 1.82) is 0 Å². The lowest BCUT2D eigenvalue weighted by atomic mass is 10.1. The number of methoxy groups -OCH3 is 1. The molecule has 2 heterocycles. The van der Waals surface area contributed by atoms with Crippen molar-refractivity contribution in [3.8, 4) is 0 Å². The fourth-order valence-corrected chi connectivity index (χ4v) is 4.19. The number of hydrogen-bond acceptors (Lipinski definition) is 7. The second-order valence-electron chi connectivity index (χ2n) is 6.00. The summed E-state index contributed by atoms with van der Waals surface area (Å²) in [6.07, 6.45) is -5.04. The minimum absolute atomic E-state index is 0.0354. The molecule has 6 nitrogen and oxygen atoms in total. The van der Waals surface area contributed by atoms with Gasteiger partial charge in [-0.05, 0) is 44.2 Å². The van der Waals surface area contributed by atoms with Gasteiger partial charge in [0, 0.05) is 18.0 Å². The fraction of sp³-hybridized carbons (Fsp3) is 0.471. The van der Waals surface area contributed by atoms with Gasteiger partial charge in [0.25, 0.3) is 0 Å². The molecular formula is C17H19F3N4O2S. The summed E-state index contributed by atoms with van der Waals surface area (Å²) in [7, 11) is 0.898. The van der Waals surface area contributed by atoms with E-state index in [1.165, 1.54) is 0 Å². The highest BCUT2D eigenvalue weighted by Gasteiger charge is 2.66. The maximum Gasteiger partial charge on any atom is 0.446 e. The van der Waals surface area contributed by atoms with Crippen LogP contribution in [0.2, 0.25) is 0 Å². The van der Waals surface area contributed by atoms with Crippen LogP contribution in [-0.4, -0.2) is 54.0 Å². The molecule has 0 aliphatic carbocycles. The number of rotatable bonds is 3. The number of aliphatic imine (C=N–C) groups is 2. The number of guanidine groups is 1. The number of nitrogens with zero attached hydrogens (tertiary/aromatic N) is 4. The van der Waals surface area contributed by atoms with Crippen LogP contribution in [0.15, 0.2) is 33.1 Å². The highest BCUT2D eigenvalue weighted by atomic mass is 32.2. The van der Waals surface area contributed by atoms with E-state index in [2.05, 4.69) is 14.7 Å². The third kappa shape index (κ3) is 2.86. The molecule has 0 radical (unpaired) electrons. The Kier molecular flexibility index (Phi) is 4.87. The van der Waals surface area contributed by atoms with Gasteiger partial charge in [-0.1, -0.05) is 12.1 Å². The van der Waals surface area contributed by atoms with Gasteiger partial charge >= 0.3 is 17.8 Å². The average Bonchev–Trinajstić information content (AvgIpc) is 3.00. The summed E-state index contributed by atoms with van der Waals surface area (Å²) in [5, 5.41) is 0.0546. The lowest BCUT2D eigenvalue weighted by Gasteiger charge is -2.38. The molecule has 0 fully saturated rings. The van der Waals surface area contributed by atoms with Crippen molar-refractivity contribution in [3.05, 3.63) is 23.8 Å². The monoisotopic (exact) mass is 400 g/mol. The van der Waals surface area contributed by atoms with Gasteiger partial charge in [-0.3, -0.25) is 4.90 Å². The molecule has 0 saturated carbocycles. The minimum atomic E-state index is -5.04. The van der Waals surface area contributed by atoms with Crippen LogP contribution in [-0.2, 0) is 9.53 Å². The van der Waals surface area contributed by atoms with E-state index in [1.807, 2.05) is 32.9 Å². The third-order valence-corrected chi connectivity index (χ3v) is 5.45. The molecule has 27 heavy (non-hydrogen) atoms. The standard InChI is InChI=1S/C17H19F3N4O2S/c1-5-23(6-2)14-21-16(13(25)26-4,17(18,19)20)22-15-24(14)12-10(3)8-7-9-11(12)27-15/h7-9H,5-6H2,1-4H3/t16-/m1/s1. The van der Waals surface area contributed by atoms with Gasteiger partial charge in [0.2, 0.25) is 5.96 Å². The molecule has 1 aromatic rings. The number of carbonyl (C=O) groups excluding carboxylic acids is 1. The van der Waals surface area contributed by atoms with Crippen molar-refractivity contribution in [2.24, 2.45) is 9.98 Å². The Morgan fingerprint density at radius 2 is 1.96 bits per heavy atom. The Labute approximate surface area is 159 Å². The smallest absolute Gasteiger partial charge is 0.446 e. The van der Waals surface area contributed by atoms with E-state index in [-0.39, 0.29) is 11.1 Å². The van der Waals surface area contributed by atoms with Gasteiger partial charge < -0.3 is 9.64 Å². The summed E-state index contributed by atoms with van der Waals surface area (Å²) in [4.78, 5) is 23.8. The summed E-state index contributed by atoms with van der Waals surface area (Å²) in [6.45, 7) is 6.33. The normalized spacial score (nSPS) is 21.2. The molecule has 1 atom stereocenters. The number of halogens is 3. The largest absolute Gasteiger partial charge is 0.465 e. The number of ether oxygens (including phenoxy) is 1. The van der Waals surface area contributed by atoms with Gasteiger partial charge in [-0.25, -0.2) is 14.8 Å². The minimum Gasteiger partial charge on any atom is -0.465 e. The number of amidine groups is 1. The maximum atomic E-state index is 14.0. The molecule has 0 bridgehead atoms. The second kappa shape index (κ2) is 6.74. The number of para-hydroxylation sites is 1. The Morgan fingerprint density at radius 1 is 1.30 bits per heavy atom. The molecule has 3 rings (SSSR count). The van der Waals surface area contributed by atoms with Crippen LogP contribution in [0.5, 0.6) is 0 Å². The Bertz CT molecular complexity index is 836. The van der Waals surface area contributed by atoms with E-state index in [0.717, 1.165) is 35.0 Å². The second-order valence-corrected chi connectivity index (χ2v) is 7.01. The maximum absolute atomic E-state index is 14.0. The van der Waals surface area contributed by atoms with Crippen LogP contribution < -0.4 is 4.90 Å². The number of benzene rings is 1. The number of hydrogen-bond donors (Lipinski definition) is 0. The van der Waals surface area contributed by atoms with Crippen LogP contribution in [0, 0.1) is 6.92 Å². The van der Waals surface area contributed by atoms with E-state index in [4.69, 9.17) is 0 Å². The summed E-state index contributed by atoms with van der Waals surface area (Å²) in [5.74, 6) is -1.52. The Hall–Kier alpha value is -2.23. The van der Waals surface area contributed by atoms with Crippen LogP contribution >= 0.6 is 11.8 Å². The molecule has 2 aliphatic heterocycles. The molecule has 10 heteroatoms. The number of thioether (sulfide) groups is 1.